The molecule has 2 bridgehead atoms. The van der Waals surface area contributed by atoms with Crippen LogP contribution >= 0.6 is 0 Å². The third-order valence-electron chi connectivity index (χ3n) is 5.56. The Bertz CT molecular complexity index is 704. The molecule has 2 saturated carbocycles. The molecule has 0 spiro atoms. The Kier molecular flexibility index (Phi) is 3.50. The number of nitro benzene ring substituents is 1. The van der Waals surface area contributed by atoms with Gasteiger partial charge in [-0.05, 0) is 31.2 Å². The number of carbonyl (C=O) groups is 1. The van der Waals surface area contributed by atoms with Gasteiger partial charge in [-0.1, -0.05) is 32.9 Å². The number of fused-ring (bicyclic) bond motifs is 2. The van der Waals surface area contributed by atoms with E-state index in [-0.39, 0.29) is 22.1 Å². The summed E-state index contributed by atoms with van der Waals surface area (Å²) in [6.07, 6.45) is 3.38. The molecule has 0 heterocycles. The highest BCUT2D eigenvalue weighted by Crippen LogP contribution is 2.60. The van der Waals surface area contributed by atoms with Crippen LogP contribution in [-0.4, -0.2) is 16.5 Å². The van der Waals surface area contributed by atoms with E-state index >= 15 is 0 Å². The van der Waals surface area contributed by atoms with Crippen LogP contribution in [0.25, 0.3) is 0 Å². The van der Waals surface area contributed by atoms with Crippen molar-refractivity contribution in [2.75, 3.05) is 0 Å². The second-order valence-electron chi connectivity index (χ2n) is 7.40. The normalized spacial score (nSPS) is 29.7. The van der Waals surface area contributed by atoms with Crippen molar-refractivity contribution in [2.45, 2.75) is 40.0 Å². The summed E-state index contributed by atoms with van der Waals surface area (Å²) in [6, 6.07) is 5.92. The third-order valence-corrected chi connectivity index (χ3v) is 5.56. The van der Waals surface area contributed by atoms with Crippen LogP contribution in [0.5, 0.6) is 0 Å². The van der Waals surface area contributed by atoms with Crippen LogP contribution in [0.2, 0.25) is 0 Å². The van der Waals surface area contributed by atoms with Crippen molar-refractivity contribution in [2.24, 2.45) is 21.8 Å². The average molecular weight is 315 g/mol. The number of nitrogens with zero attached hydrogens (tertiary/aromatic N) is 2. The van der Waals surface area contributed by atoms with Gasteiger partial charge in [0.05, 0.1) is 10.6 Å². The Morgan fingerprint density at radius 2 is 2.04 bits per heavy atom. The molecule has 2 aliphatic rings. The minimum absolute atomic E-state index is 0.0318. The molecule has 0 saturated heterocycles. The molecule has 3 rings (SSSR count). The molecular formula is C17H21N3O3. The first kappa shape index (κ1) is 15.6. The number of hydrazone groups is 1. The smallest absolute Gasteiger partial charge is 0.267 e. The van der Waals surface area contributed by atoms with Crippen molar-refractivity contribution in [3.63, 3.8) is 0 Å². The molecule has 1 aromatic rings. The van der Waals surface area contributed by atoms with E-state index in [4.69, 9.17) is 0 Å². The fourth-order valence-electron chi connectivity index (χ4n) is 4.31. The van der Waals surface area contributed by atoms with Gasteiger partial charge >= 0.3 is 0 Å². The van der Waals surface area contributed by atoms with E-state index in [9.17, 15) is 14.9 Å². The maximum absolute atomic E-state index is 12.3. The van der Waals surface area contributed by atoms with Gasteiger partial charge in [0.1, 0.15) is 5.56 Å². The van der Waals surface area contributed by atoms with Gasteiger partial charge in [-0.3, -0.25) is 14.9 Å². The van der Waals surface area contributed by atoms with Crippen LogP contribution in [0, 0.1) is 26.9 Å². The molecule has 122 valence electrons. The lowest BCUT2D eigenvalue weighted by molar-refractivity contribution is -0.385. The summed E-state index contributed by atoms with van der Waals surface area (Å²) in [5, 5.41) is 15.4. The quantitative estimate of drug-likeness (QED) is 0.684. The molecule has 0 radical (unpaired) electrons. The largest absolute Gasteiger partial charge is 0.282 e. The maximum atomic E-state index is 12.3. The number of benzene rings is 1. The van der Waals surface area contributed by atoms with E-state index in [1.165, 1.54) is 18.6 Å². The molecule has 1 aromatic carbocycles. The number of nitro groups is 1. The lowest BCUT2D eigenvalue weighted by Gasteiger charge is -2.35. The monoisotopic (exact) mass is 315 g/mol. The Labute approximate surface area is 135 Å². The van der Waals surface area contributed by atoms with Crippen molar-refractivity contribution < 1.29 is 9.72 Å². The number of hydrogen-bond acceptors (Lipinski definition) is 4. The second kappa shape index (κ2) is 5.15. The van der Waals surface area contributed by atoms with Gasteiger partial charge in [0.25, 0.3) is 11.6 Å². The van der Waals surface area contributed by atoms with Gasteiger partial charge < -0.3 is 0 Å². The van der Waals surface area contributed by atoms with E-state index in [0.29, 0.717) is 5.92 Å². The van der Waals surface area contributed by atoms with Crippen LogP contribution in [-0.2, 0) is 0 Å². The fraction of sp³-hybridized carbons (Fsp3) is 0.529. The summed E-state index contributed by atoms with van der Waals surface area (Å²) >= 11 is 0. The van der Waals surface area contributed by atoms with Crippen molar-refractivity contribution in [3.8, 4) is 0 Å². The van der Waals surface area contributed by atoms with Gasteiger partial charge in [0.2, 0.25) is 0 Å². The minimum Gasteiger partial charge on any atom is -0.267 e. The fourth-order valence-corrected chi connectivity index (χ4v) is 4.31. The number of carbonyl (C=O) groups excluding carboxylic acids is 1. The summed E-state index contributed by atoms with van der Waals surface area (Å²) in [5.74, 6) is 0.0567. The number of para-hydroxylation sites is 1. The van der Waals surface area contributed by atoms with Gasteiger partial charge in [-0.15, -0.1) is 0 Å². The predicted octanol–water partition coefficient (Wildman–Crippen LogP) is 3.53. The number of nitrogens with one attached hydrogen (secondary N) is 1. The van der Waals surface area contributed by atoms with E-state index < -0.39 is 10.8 Å². The van der Waals surface area contributed by atoms with E-state index in [1.54, 1.807) is 12.1 Å². The number of amides is 1. The highest BCUT2D eigenvalue weighted by molar-refractivity contribution is 6.01. The molecule has 1 amide bonds. The standard InChI is InChI=1S/C17H21N3O3/c1-16(2)11-8-9-17(3,10-11)15(16)19-18-14(21)12-6-4-5-7-13(12)20(22)23/h4-7,11H,8-10H2,1-3H3,(H,18,21)/b19-15+/t11-,17-/m0/s1. The molecule has 2 atom stereocenters. The van der Waals surface area contributed by atoms with Gasteiger partial charge in [0.15, 0.2) is 0 Å². The molecule has 1 N–H and O–H groups in total. The maximum Gasteiger partial charge on any atom is 0.282 e. The Morgan fingerprint density at radius 1 is 1.35 bits per heavy atom. The molecule has 2 fully saturated rings. The molecule has 23 heavy (non-hydrogen) atoms. The predicted molar refractivity (Wildman–Crippen MR) is 87.2 cm³/mol. The third kappa shape index (κ3) is 2.42. The molecule has 0 unspecified atom stereocenters. The first-order chi connectivity index (χ1) is 10.8. The highest BCUT2D eigenvalue weighted by Gasteiger charge is 2.57. The molecule has 0 aromatic heterocycles. The second-order valence-corrected chi connectivity index (χ2v) is 7.40. The summed E-state index contributed by atoms with van der Waals surface area (Å²) in [5.41, 5.74) is 3.38. The minimum atomic E-state index is -0.551. The Morgan fingerprint density at radius 3 is 2.65 bits per heavy atom. The Balaban J connectivity index is 1.86. The van der Waals surface area contributed by atoms with Crippen molar-refractivity contribution in [1.29, 1.82) is 0 Å². The lowest BCUT2D eigenvalue weighted by Crippen LogP contribution is -2.38. The van der Waals surface area contributed by atoms with E-state index in [1.807, 2.05) is 0 Å². The molecule has 6 heteroatoms. The SMILES string of the molecule is CC1(C)/C(=N\NC(=O)c2ccccc2[N+](=O)[O-])[C@@]2(C)CC[C@H]1C2. The van der Waals surface area contributed by atoms with E-state index in [2.05, 4.69) is 31.3 Å². The highest BCUT2D eigenvalue weighted by atomic mass is 16.6. The number of hydrogen-bond donors (Lipinski definition) is 1. The van der Waals surface area contributed by atoms with Gasteiger partial charge in [-0.2, -0.15) is 5.10 Å². The topological polar surface area (TPSA) is 84.6 Å². The molecule has 0 aliphatic heterocycles. The van der Waals surface area contributed by atoms with Crippen LogP contribution in [0.4, 0.5) is 5.69 Å². The molecular weight excluding hydrogens is 294 g/mol. The number of rotatable bonds is 3. The van der Waals surface area contributed by atoms with Crippen LogP contribution in [0.1, 0.15) is 50.4 Å². The van der Waals surface area contributed by atoms with Crippen LogP contribution in [0.3, 0.4) is 0 Å². The molecule has 6 nitrogen and oxygen atoms in total. The zero-order valence-electron chi connectivity index (χ0n) is 13.6. The van der Waals surface area contributed by atoms with Crippen molar-refractivity contribution >= 4 is 17.3 Å². The summed E-state index contributed by atoms with van der Waals surface area (Å²) in [4.78, 5) is 22.8. The Hall–Kier alpha value is -2.24. The lowest BCUT2D eigenvalue weighted by atomic mass is 9.71. The average Bonchev–Trinajstić information content (AvgIpc) is 2.97. The van der Waals surface area contributed by atoms with Crippen LogP contribution in [0.15, 0.2) is 29.4 Å². The molecule has 2 aliphatic carbocycles. The summed E-state index contributed by atoms with van der Waals surface area (Å²) in [6.45, 7) is 6.52. The van der Waals surface area contributed by atoms with Crippen molar-refractivity contribution in [1.82, 2.24) is 5.43 Å². The summed E-state index contributed by atoms with van der Waals surface area (Å²) in [7, 11) is 0. The zero-order valence-corrected chi connectivity index (χ0v) is 13.6. The van der Waals surface area contributed by atoms with E-state index in [0.717, 1.165) is 18.6 Å². The first-order valence-corrected chi connectivity index (χ1v) is 7.88. The zero-order chi connectivity index (χ0) is 16.8. The van der Waals surface area contributed by atoms with Crippen molar-refractivity contribution in [3.05, 3.63) is 39.9 Å². The van der Waals surface area contributed by atoms with Gasteiger partial charge in [-0.25, -0.2) is 5.43 Å². The summed E-state index contributed by atoms with van der Waals surface area (Å²) < 4.78 is 0. The van der Waals surface area contributed by atoms with Gasteiger partial charge in [0, 0.05) is 16.9 Å². The first-order valence-electron chi connectivity index (χ1n) is 7.88. The van der Waals surface area contributed by atoms with Crippen LogP contribution < -0.4 is 5.43 Å².